The van der Waals surface area contributed by atoms with Crippen LogP contribution in [0.4, 0.5) is 5.82 Å². The van der Waals surface area contributed by atoms with E-state index in [2.05, 4.69) is 20.6 Å². The van der Waals surface area contributed by atoms with Crippen LogP contribution in [0.15, 0.2) is 89.8 Å². The fourth-order valence-corrected chi connectivity index (χ4v) is 7.72. The van der Waals surface area contributed by atoms with Crippen LogP contribution in [0.2, 0.25) is 0 Å². The Morgan fingerprint density at radius 2 is 1.98 bits per heavy atom. The molecule has 2 aromatic carbocycles. The first-order chi connectivity index (χ1) is 23.8. The molecule has 2 atom stereocenters. The van der Waals surface area contributed by atoms with Crippen LogP contribution in [0.5, 0.6) is 5.75 Å². The maximum Gasteiger partial charge on any atom is 0.337 e. The number of nitrogens with one attached hydrogen (secondary N) is 1. The Morgan fingerprint density at radius 3 is 2.80 bits per heavy atom. The largest absolute Gasteiger partial charge is 0.497 e. The number of benzene rings is 2. The van der Waals surface area contributed by atoms with Crippen molar-refractivity contribution in [3.05, 3.63) is 123 Å². The van der Waals surface area contributed by atoms with Gasteiger partial charge in [0.1, 0.15) is 33.7 Å². The highest BCUT2D eigenvalue weighted by atomic mass is 32.1. The third-order valence-electron chi connectivity index (χ3n) is 9.18. The fraction of sp³-hybridized carbons (Fsp3) is 0.243. The number of carbonyl (C=O) groups is 1. The van der Waals surface area contributed by atoms with Crippen LogP contribution in [-0.2, 0) is 23.3 Å². The lowest BCUT2D eigenvalue weighted by Gasteiger charge is -2.33. The van der Waals surface area contributed by atoms with Gasteiger partial charge in [-0.15, -0.1) is 16.4 Å². The Kier molecular flexibility index (Phi) is 7.69. The molecule has 5 aromatic rings. The second-order valence-electron chi connectivity index (χ2n) is 12.4. The zero-order valence-corrected chi connectivity index (χ0v) is 28.0. The highest BCUT2D eigenvalue weighted by molar-refractivity contribution is 7.15. The van der Waals surface area contributed by atoms with E-state index in [1.165, 1.54) is 18.4 Å². The molecule has 1 aliphatic heterocycles. The van der Waals surface area contributed by atoms with Gasteiger partial charge in [0.05, 0.1) is 49.0 Å². The van der Waals surface area contributed by atoms with Crippen LogP contribution in [0.3, 0.4) is 0 Å². The first-order valence-electron chi connectivity index (χ1n) is 16.0. The summed E-state index contributed by atoms with van der Waals surface area (Å²) >= 11 is 1.43. The minimum Gasteiger partial charge on any atom is -0.497 e. The summed E-state index contributed by atoms with van der Waals surface area (Å²) in [4.78, 5) is 27.3. The minimum absolute atomic E-state index is 0.00257. The number of aliphatic hydroxyl groups is 1. The molecule has 0 saturated carbocycles. The van der Waals surface area contributed by atoms with Gasteiger partial charge in [0.15, 0.2) is 0 Å². The van der Waals surface area contributed by atoms with Crippen LogP contribution in [0.25, 0.3) is 16.1 Å². The number of ether oxygens (including phenoxy) is 2. The number of pyridine rings is 1. The van der Waals surface area contributed by atoms with Gasteiger partial charge < -0.3 is 19.9 Å². The monoisotopic (exact) mass is 671 g/mol. The lowest BCUT2D eigenvalue weighted by molar-refractivity contribution is 0.0583. The average Bonchev–Trinajstić information content (AvgIpc) is 3.40. The summed E-state index contributed by atoms with van der Waals surface area (Å²) in [6, 6.07) is 17.3. The number of methoxy groups -OCH3 is 2. The van der Waals surface area contributed by atoms with Gasteiger partial charge in [-0.3, -0.25) is 0 Å². The second-order valence-corrected chi connectivity index (χ2v) is 13.5. The van der Waals surface area contributed by atoms with Gasteiger partial charge in [-0.2, -0.15) is 0 Å². The molecule has 49 heavy (non-hydrogen) atoms. The number of amidine groups is 1. The van der Waals surface area contributed by atoms with Gasteiger partial charge >= 0.3 is 5.97 Å². The summed E-state index contributed by atoms with van der Waals surface area (Å²) in [5.41, 5.74) is 6.91. The Morgan fingerprint density at radius 1 is 1.12 bits per heavy atom. The number of hydrogen-bond acceptors (Lipinski definition) is 11. The number of anilines is 1. The summed E-state index contributed by atoms with van der Waals surface area (Å²) in [7, 11) is 3.02. The molecule has 0 amide bonds. The highest BCUT2D eigenvalue weighted by Gasteiger charge is 2.43. The molecule has 0 bridgehead atoms. The number of esters is 1. The van der Waals surface area contributed by atoms with Crippen LogP contribution in [0.1, 0.15) is 56.2 Å². The Bertz CT molecular complexity index is 2200. The van der Waals surface area contributed by atoms with Crippen molar-refractivity contribution in [2.45, 2.75) is 38.3 Å². The maximum atomic E-state index is 12.1. The summed E-state index contributed by atoms with van der Waals surface area (Å²) in [5.74, 6) is 1.88. The van der Waals surface area contributed by atoms with Crippen molar-refractivity contribution in [1.82, 2.24) is 25.0 Å². The lowest BCUT2D eigenvalue weighted by atomic mass is 9.79. The normalized spacial score (nSPS) is 19.2. The number of fused-ring (bicyclic) bond motifs is 2. The molecule has 3 aromatic heterocycles. The number of aromatic nitrogens is 5. The lowest BCUT2D eigenvalue weighted by Crippen LogP contribution is -2.32. The van der Waals surface area contributed by atoms with E-state index in [1.807, 2.05) is 72.4 Å². The van der Waals surface area contributed by atoms with Crippen molar-refractivity contribution < 1.29 is 19.4 Å². The molecular weight excluding hydrogens is 639 g/mol. The fourth-order valence-electron chi connectivity index (χ4n) is 6.71. The maximum absolute atomic E-state index is 12.1. The number of aryl methyl sites for hydroxylation is 2. The molecule has 12 heteroatoms. The molecular formula is C37H33N7O4S. The third-order valence-corrected chi connectivity index (χ3v) is 10.4. The van der Waals surface area contributed by atoms with Crippen molar-refractivity contribution in [3.8, 4) is 16.3 Å². The number of hydrogen-bond donors (Lipinski definition) is 2. The zero-order valence-electron chi connectivity index (χ0n) is 27.2. The number of allylic oxidation sites excluding steroid dienone is 1. The van der Waals surface area contributed by atoms with E-state index in [9.17, 15) is 9.90 Å². The predicted octanol–water partition coefficient (Wildman–Crippen LogP) is 5.94. The summed E-state index contributed by atoms with van der Waals surface area (Å²) in [6.07, 6.45) is 9.65. The van der Waals surface area contributed by atoms with Gasteiger partial charge in [-0.05, 0) is 96.5 Å². The molecule has 0 spiro atoms. The standard InChI is InChI=1S/C37H33N7O4S/c1-21-15-28(30-18-39-36(49-30)37(46)13-4-5-23-17-24(35(45)48-3)8-11-27(23)37)40-31(16-21)41-34-33-26(12-14-38-34)32(33)29-20-44(43-42-29)19-22-6-9-25(47-2)10-7-22/h6-12,14-18,20,33,46H,4-5,13,19H2,1-3H3,(H,38,40,41)/t33?,37-/m1/s1. The molecule has 8 rings (SSSR count). The molecule has 0 radical (unpaired) electrons. The van der Waals surface area contributed by atoms with E-state index in [0.717, 1.165) is 74.1 Å². The van der Waals surface area contributed by atoms with Crippen molar-refractivity contribution in [2.75, 3.05) is 19.5 Å². The number of nitrogens with zero attached hydrogens (tertiary/aromatic N) is 6. The van der Waals surface area contributed by atoms with Gasteiger partial charge in [0, 0.05) is 18.0 Å². The van der Waals surface area contributed by atoms with Crippen molar-refractivity contribution in [1.29, 1.82) is 0 Å². The van der Waals surface area contributed by atoms with Gasteiger partial charge in [-0.25, -0.2) is 24.4 Å². The van der Waals surface area contributed by atoms with Crippen molar-refractivity contribution in [3.63, 3.8) is 0 Å². The molecule has 246 valence electrons. The van der Waals surface area contributed by atoms with E-state index in [0.29, 0.717) is 29.4 Å². The van der Waals surface area contributed by atoms with Crippen molar-refractivity contribution >= 4 is 34.5 Å². The SMILES string of the molecule is COC(=O)c1ccc2c(c1)CCC[C@]2(O)c1ncc(-c2cc(C)cc(NC3=NC=CC4=C(c5cn(Cc6ccc(OC)cc6)nn5)C34)n2)s1. The molecule has 2 N–H and O–H groups in total. The summed E-state index contributed by atoms with van der Waals surface area (Å²) < 4.78 is 12.0. The molecule has 11 nitrogen and oxygen atoms in total. The topological polar surface area (TPSA) is 137 Å². The number of thiazole rings is 1. The third kappa shape index (κ3) is 5.72. The average molecular weight is 672 g/mol. The van der Waals surface area contributed by atoms with E-state index in [4.69, 9.17) is 19.4 Å². The van der Waals surface area contributed by atoms with Crippen LogP contribution >= 0.6 is 11.3 Å². The number of aliphatic imine (C=N–C) groups is 1. The van der Waals surface area contributed by atoms with Crippen LogP contribution in [0, 0.1) is 12.8 Å². The Labute approximate surface area is 286 Å². The first-order valence-corrected chi connectivity index (χ1v) is 16.8. The number of carbonyl (C=O) groups excluding carboxylic acids is 1. The predicted molar refractivity (Wildman–Crippen MR) is 187 cm³/mol. The Balaban J connectivity index is 0.994. The molecule has 2 aliphatic carbocycles. The van der Waals surface area contributed by atoms with Gasteiger partial charge in [-0.1, -0.05) is 23.4 Å². The van der Waals surface area contributed by atoms with Crippen molar-refractivity contribution in [2.24, 2.45) is 10.9 Å². The molecule has 0 fully saturated rings. The van der Waals surface area contributed by atoms with E-state index >= 15 is 0 Å². The minimum atomic E-state index is -1.25. The molecule has 3 aliphatic rings. The summed E-state index contributed by atoms with van der Waals surface area (Å²) in [6.45, 7) is 2.63. The van der Waals surface area contributed by atoms with E-state index in [-0.39, 0.29) is 5.92 Å². The first kappa shape index (κ1) is 30.8. The van der Waals surface area contributed by atoms with Gasteiger partial charge in [0.25, 0.3) is 0 Å². The van der Waals surface area contributed by atoms with Gasteiger partial charge in [0.2, 0.25) is 0 Å². The second kappa shape index (κ2) is 12.2. The summed E-state index contributed by atoms with van der Waals surface area (Å²) in [5, 5.41) is 24.9. The van der Waals surface area contributed by atoms with Crippen LogP contribution < -0.4 is 10.1 Å². The highest BCUT2D eigenvalue weighted by Crippen LogP contribution is 2.49. The van der Waals surface area contributed by atoms with Crippen LogP contribution in [-0.4, -0.2) is 56.1 Å². The quantitative estimate of drug-likeness (QED) is 0.192. The molecule has 1 unspecified atom stereocenters. The molecule has 0 saturated heterocycles. The smallest absolute Gasteiger partial charge is 0.337 e. The molecule has 4 heterocycles. The van der Waals surface area contributed by atoms with E-state index < -0.39 is 11.6 Å². The van der Waals surface area contributed by atoms with E-state index in [1.54, 1.807) is 25.6 Å². The number of rotatable bonds is 8. The zero-order chi connectivity index (χ0) is 33.7. The Hall–Kier alpha value is -5.46.